The van der Waals surface area contributed by atoms with Crippen molar-refractivity contribution in [3.8, 4) is 0 Å². The number of aliphatic hydroxyl groups excluding tert-OH is 1. The number of nitrogens with one attached hydrogen (secondary N) is 2. The molecule has 3 amide bonds. The Kier molecular flexibility index (Phi) is 8.46. The lowest BCUT2D eigenvalue weighted by Crippen LogP contribution is -2.56. The number of nitrogens with zero attached hydrogens (tertiary/aromatic N) is 1. The van der Waals surface area contributed by atoms with Crippen LogP contribution in [0.5, 0.6) is 0 Å². The van der Waals surface area contributed by atoms with Gasteiger partial charge < -0.3 is 30.1 Å². The maximum atomic E-state index is 13.5. The van der Waals surface area contributed by atoms with E-state index in [-0.39, 0.29) is 25.5 Å². The molecule has 35 heavy (non-hydrogen) atoms. The minimum Gasteiger partial charge on any atom is -0.464 e. The van der Waals surface area contributed by atoms with E-state index in [1.807, 2.05) is 12.2 Å². The zero-order valence-electron chi connectivity index (χ0n) is 21.2. The highest BCUT2D eigenvalue weighted by Crippen LogP contribution is 2.46. The fraction of sp³-hybridized carbons (Fsp3) is 0.760. The molecule has 0 bridgehead atoms. The first-order valence-corrected chi connectivity index (χ1v) is 12.6. The van der Waals surface area contributed by atoms with Crippen LogP contribution < -0.4 is 10.6 Å². The number of fused-ring (bicyclic) bond motifs is 2. The summed E-state index contributed by atoms with van der Waals surface area (Å²) in [5, 5.41) is 15.8. The average molecular weight is 494 g/mol. The normalized spacial score (nSPS) is 32.8. The molecule has 3 rings (SSSR count). The highest BCUT2D eigenvalue weighted by atomic mass is 16.6. The summed E-state index contributed by atoms with van der Waals surface area (Å²) in [6.45, 7) is 7.08. The molecule has 0 radical (unpaired) electrons. The number of aliphatic hydroxyl groups is 1. The van der Waals surface area contributed by atoms with Crippen LogP contribution in [0.25, 0.3) is 0 Å². The van der Waals surface area contributed by atoms with Crippen molar-refractivity contribution < 1.29 is 33.8 Å². The SMILES string of the molecule is CCOC(=O)[C@@]12C[C@H]1/C=C\CCCCC[C@@H](NC(=O)OC(C)(C)C)C(=O)N1C[C@@H](O)C[C@H]1C(=O)N2. The monoisotopic (exact) mass is 493 g/mol. The number of esters is 1. The Morgan fingerprint density at radius 3 is 2.69 bits per heavy atom. The van der Waals surface area contributed by atoms with Crippen LogP contribution in [0.4, 0.5) is 4.79 Å². The minimum absolute atomic E-state index is 0.0286. The third kappa shape index (κ3) is 6.74. The summed E-state index contributed by atoms with van der Waals surface area (Å²) >= 11 is 0. The van der Waals surface area contributed by atoms with E-state index in [1.54, 1.807) is 27.7 Å². The molecule has 3 aliphatic rings. The summed E-state index contributed by atoms with van der Waals surface area (Å²) in [4.78, 5) is 53.4. The second-order valence-corrected chi connectivity index (χ2v) is 10.7. The van der Waals surface area contributed by atoms with Gasteiger partial charge in [0, 0.05) is 18.9 Å². The van der Waals surface area contributed by atoms with Gasteiger partial charge in [-0.1, -0.05) is 25.0 Å². The zero-order valence-corrected chi connectivity index (χ0v) is 21.2. The number of ether oxygens (including phenoxy) is 2. The number of hydrogen-bond acceptors (Lipinski definition) is 7. The topological polar surface area (TPSA) is 134 Å². The van der Waals surface area contributed by atoms with Crippen LogP contribution in [-0.4, -0.2) is 76.4 Å². The number of allylic oxidation sites excluding steroid dienone is 1. The minimum atomic E-state index is -1.15. The molecule has 0 spiro atoms. The van der Waals surface area contributed by atoms with Gasteiger partial charge >= 0.3 is 12.1 Å². The van der Waals surface area contributed by atoms with Gasteiger partial charge in [-0.25, -0.2) is 9.59 Å². The van der Waals surface area contributed by atoms with Crippen molar-refractivity contribution in [1.29, 1.82) is 0 Å². The predicted molar refractivity (Wildman–Crippen MR) is 127 cm³/mol. The number of carbonyl (C=O) groups is 4. The molecule has 10 heteroatoms. The molecule has 0 aromatic rings. The Bertz CT molecular complexity index is 852. The first-order valence-electron chi connectivity index (χ1n) is 12.6. The second-order valence-electron chi connectivity index (χ2n) is 10.7. The Morgan fingerprint density at radius 1 is 1.26 bits per heavy atom. The average Bonchev–Trinajstić information content (AvgIpc) is 3.30. The van der Waals surface area contributed by atoms with Gasteiger partial charge in [0.05, 0.1) is 12.7 Å². The number of carbonyl (C=O) groups excluding carboxylic acids is 4. The van der Waals surface area contributed by atoms with Crippen LogP contribution in [0.15, 0.2) is 12.2 Å². The van der Waals surface area contributed by atoms with Gasteiger partial charge in [-0.3, -0.25) is 9.59 Å². The quantitative estimate of drug-likeness (QED) is 0.403. The summed E-state index contributed by atoms with van der Waals surface area (Å²) in [5.74, 6) is -1.62. The van der Waals surface area contributed by atoms with E-state index in [4.69, 9.17) is 9.47 Å². The van der Waals surface area contributed by atoms with Crippen molar-refractivity contribution in [2.45, 2.75) is 102 Å². The van der Waals surface area contributed by atoms with Crippen LogP contribution in [0.3, 0.4) is 0 Å². The van der Waals surface area contributed by atoms with Crippen LogP contribution in [0.2, 0.25) is 0 Å². The molecule has 5 atom stereocenters. The molecule has 2 aliphatic heterocycles. The van der Waals surface area contributed by atoms with E-state index in [0.29, 0.717) is 19.3 Å². The maximum Gasteiger partial charge on any atom is 0.408 e. The maximum absolute atomic E-state index is 13.5. The fourth-order valence-corrected chi connectivity index (χ4v) is 4.77. The van der Waals surface area contributed by atoms with E-state index in [2.05, 4.69) is 10.6 Å². The molecule has 2 fully saturated rings. The van der Waals surface area contributed by atoms with Gasteiger partial charge in [-0.05, 0) is 53.4 Å². The smallest absolute Gasteiger partial charge is 0.408 e. The van der Waals surface area contributed by atoms with Crippen molar-refractivity contribution in [1.82, 2.24) is 15.5 Å². The highest BCUT2D eigenvalue weighted by molar-refractivity contribution is 5.96. The van der Waals surface area contributed by atoms with Crippen molar-refractivity contribution in [3.05, 3.63) is 12.2 Å². The Balaban J connectivity index is 1.84. The number of alkyl carbamates (subject to hydrolysis) is 1. The number of rotatable bonds is 3. The van der Waals surface area contributed by atoms with Gasteiger partial charge in [0.1, 0.15) is 23.2 Å². The van der Waals surface area contributed by atoms with E-state index in [9.17, 15) is 24.3 Å². The summed E-state index contributed by atoms with van der Waals surface area (Å²) in [6.07, 6.45) is 6.49. The van der Waals surface area contributed by atoms with Gasteiger partial charge in [0.2, 0.25) is 11.8 Å². The molecule has 2 heterocycles. The highest BCUT2D eigenvalue weighted by Gasteiger charge is 2.62. The second kappa shape index (κ2) is 11.0. The Hall–Kier alpha value is -2.62. The fourth-order valence-electron chi connectivity index (χ4n) is 4.77. The Labute approximate surface area is 206 Å². The predicted octanol–water partition coefficient (Wildman–Crippen LogP) is 1.80. The summed E-state index contributed by atoms with van der Waals surface area (Å²) < 4.78 is 10.6. The molecule has 0 unspecified atom stereocenters. The summed E-state index contributed by atoms with van der Waals surface area (Å²) in [5.41, 5.74) is -1.88. The van der Waals surface area contributed by atoms with E-state index in [1.165, 1.54) is 4.90 Å². The van der Waals surface area contributed by atoms with Gasteiger partial charge in [-0.15, -0.1) is 0 Å². The van der Waals surface area contributed by atoms with Crippen LogP contribution >= 0.6 is 0 Å². The van der Waals surface area contributed by atoms with Gasteiger partial charge in [-0.2, -0.15) is 0 Å². The lowest BCUT2D eigenvalue weighted by Gasteiger charge is -2.30. The first kappa shape index (κ1) is 27.0. The third-order valence-corrected chi connectivity index (χ3v) is 6.59. The van der Waals surface area contributed by atoms with Crippen LogP contribution in [-0.2, 0) is 23.9 Å². The molecule has 0 aromatic carbocycles. The van der Waals surface area contributed by atoms with Gasteiger partial charge in [0.25, 0.3) is 0 Å². The van der Waals surface area contributed by atoms with Gasteiger partial charge in [0.15, 0.2) is 0 Å². The molecule has 196 valence electrons. The van der Waals surface area contributed by atoms with Crippen LogP contribution in [0.1, 0.15) is 72.6 Å². The molecule has 3 N–H and O–H groups in total. The van der Waals surface area contributed by atoms with E-state index < -0.39 is 53.2 Å². The molecule has 10 nitrogen and oxygen atoms in total. The molecule has 1 saturated carbocycles. The molecule has 1 saturated heterocycles. The lowest BCUT2D eigenvalue weighted by atomic mass is 10.0. The Morgan fingerprint density at radius 2 is 2.00 bits per heavy atom. The van der Waals surface area contributed by atoms with Crippen molar-refractivity contribution in [2.75, 3.05) is 13.2 Å². The first-order chi connectivity index (χ1) is 16.5. The zero-order chi connectivity index (χ0) is 25.8. The van der Waals surface area contributed by atoms with Crippen molar-refractivity contribution in [2.24, 2.45) is 5.92 Å². The molecular weight excluding hydrogens is 454 g/mol. The summed E-state index contributed by atoms with van der Waals surface area (Å²) in [6, 6.07) is -1.85. The standard InChI is InChI=1S/C25H39N3O7/c1-5-34-22(32)25-14-16(25)11-9-7-6-8-10-12-18(26-23(33)35-24(2,3)4)21(31)28-15-17(29)13-19(28)20(30)27-25/h9,11,16-19,29H,5-8,10,12-15H2,1-4H3,(H,26,33)(H,27,30)/b11-9-/t16-,17+,18-,19+,25-/m1/s1. The molecule has 0 aromatic heterocycles. The number of hydrogen-bond donors (Lipinski definition) is 3. The van der Waals surface area contributed by atoms with E-state index >= 15 is 0 Å². The third-order valence-electron chi connectivity index (χ3n) is 6.59. The lowest BCUT2D eigenvalue weighted by molar-refractivity contribution is -0.150. The summed E-state index contributed by atoms with van der Waals surface area (Å²) in [7, 11) is 0. The molecular formula is C25H39N3O7. The number of amides is 3. The van der Waals surface area contributed by atoms with Crippen molar-refractivity contribution >= 4 is 23.9 Å². The van der Waals surface area contributed by atoms with E-state index in [0.717, 1.165) is 19.3 Å². The largest absolute Gasteiger partial charge is 0.464 e. The van der Waals surface area contributed by atoms with Crippen molar-refractivity contribution in [3.63, 3.8) is 0 Å². The van der Waals surface area contributed by atoms with Crippen LogP contribution in [0, 0.1) is 5.92 Å². The molecule has 1 aliphatic carbocycles.